The molecule has 1 amide bonds. The number of amides is 1. The Balaban J connectivity index is 2.85. The standard InChI is InChI=1S/C13H23NO3/c1-4-9(2)11(15)14-13(12(16)17)8-6-5-7-10(13)3/h9-10H,4-8H2,1-3H3,(H,14,15)(H,16,17). The van der Waals surface area contributed by atoms with Gasteiger partial charge in [-0.25, -0.2) is 4.79 Å². The highest BCUT2D eigenvalue weighted by Gasteiger charge is 2.46. The highest BCUT2D eigenvalue weighted by molar-refractivity contribution is 5.88. The largest absolute Gasteiger partial charge is 0.479 e. The van der Waals surface area contributed by atoms with E-state index in [1.165, 1.54) is 0 Å². The minimum atomic E-state index is -1.04. The van der Waals surface area contributed by atoms with Crippen molar-refractivity contribution in [1.82, 2.24) is 5.32 Å². The summed E-state index contributed by atoms with van der Waals surface area (Å²) < 4.78 is 0. The number of rotatable bonds is 4. The molecule has 1 aliphatic carbocycles. The number of carbonyl (C=O) groups is 2. The maximum absolute atomic E-state index is 11.9. The molecule has 0 spiro atoms. The van der Waals surface area contributed by atoms with Gasteiger partial charge in [-0.2, -0.15) is 0 Å². The number of aliphatic carboxylic acids is 1. The molecule has 3 atom stereocenters. The highest BCUT2D eigenvalue weighted by atomic mass is 16.4. The quantitative estimate of drug-likeness (QED) is 0.792. The Bertz CT molecular complexity index is 303. The average molecular weight is 241 g/mol. The molecule has 1 rings (SSSR count). The van der Waals surface area contributed by atoms with Gasteiger partial charge in [-0.05, 0) is 25.2 Å². The summed E-state index contributed by atoms with van der Waals surface area (Å²) in [6, 6.07) is 0. The maximum atomic E-state index is 11.9. The SMILES string of the molecule is CCC(C)C(=O)NC1(C(=O)O)CCCCC1C. The molecular formula is C13H23NO3. The number of nitrogens with one attached hydrogen (secondary N) is 1. The van der Waals surface area contributed by atoms with E-state index in [1.807, 2.05) is 20.8 Å². The topological polar surface area (TPSA) is 66.4 Å². The molecule has 0 heterocycles. The van der Waals surface area contributed by atoms with Crippen LogP contribution in [0.15, 0.2) is 0 Å². The van der Waals surface area contributed by atoms with Gasteiger partial charge in [0, 0.05) is 5.92 Å². The van der Waals surface area contributed by atoms with Crippen molar-refractivity contribution in [3.05, 3.63) is 0 Å². The van der Waals surface area contributed by atoms with Crippen LogP contribution in [0.1, 0.15) is 52.9 Å². The summed E-state index contributed by atoms with van der Waals surface area (Å²) in [6.07, 6.45) is 4.07. The molecule has 0 aromatic heterocycles. The summed E-state index contributed by atoms with van der Waals surface area (Å²) in [4.78, 5) is 23.4. The molecule has 98 valence electrons. The first-order valence-electron chi connectivity index (χ1n) is 6.49. The van der Waals surface area contributed by atoms with Crippen molar-refractivity contribution in [2.45, 2.75) is 58.4 Å². The van der Waals surface area contributed by atoms with E-state index in [-0.39, 0.29) is 17.7 Å². The monoisotopic (exact) mass is 241 g/mol. The molecule has 3 unspecified atom stereocenters. The van der Waals surface area contributed by atoms with Crippen molar-refractivity contribution in [2.75, 3.05) is 0 Å². The molecule has 1 fully saturated rings. The Morgan fingerprint density at radius 2 is 2.12 bits per heavy atom. The van der Waals surface area contributed by atoms with Gasteiger partial charge in [-0.15, -0.1) is 0 Å². The summed E-state index contributed by atoms with van der Waals surface area (Å²) in [7, 11) is 0. The molecule has 0 aliphatic heterocycles. The van der Waals surface area contributed by atoms with E-state index in [9.17, 15) is 14.7 Å². The molecule has 4 heteroatoms. The zero-order valence-electron chi connectivity index (χ0n) is 11.0. The molecule has 0 aromatic carbocycles. The predicted molar refractivity (Wildman–Crippen MR) is 65.6 cm³/mol. The summed E-state index contributed by atoms with van der Waals surface area (Å²) in [5, 5.41) is 12.2. The second-order valence-electron chi connectivity index (χ2n) is 5.22. The van der Waals surface area contributed by atoms with Gasteiger partial charge in [0.15, 0.2) is 0 Å². The molecule has 0 bridgehead atoms. The number of carboxylic acids is 1. The zero-order chi connectivity index (χ0) is 13.1. The van der Waals surface area contributed by atoms with E-state index in [0.717, 1.165) is 25.7 Å². The molecule has 0 aromatic rings. The van der Waals surface area contributed by atoms with Crippen LogP contribution in [0.5, 0.6) is 0 Å². The van der Waals surface area contributed by atoms with Crippen LogP contribution >= 0.6 is 0 Å². The van der Waals surface area contributed by atoms with Crippen LogP contribution in [-0.2, 0) is 9.59 Å². The van der Waals surface area contributed by atoms with E-state index in [4.69, 9.17) is 0 Å². The normalized spacial score (nSPS) is 30.6. The van der Waals surface area contributed by atoms with E-state index >= 15 is 0 Å². The lowest BCUT2D eigenvalue weighted by Crippen LogP contribution is -2.60. The van der Waals surface area contributed by atoms with Gasteiger partial charge in [-0.3, -0.25) is 4.79 Å². The second kappa shape index (κ2) is 5.52. The van der Waals surface area contributed by atoms with Gasteiger partial charge in [0.25, 0.3) is 0 Å². The van der Waals surface area contributed by atoms with Crippen molar-refractivity contribution < 1.29 is 14.7 Å². The van der Waals surface area contributed by atoms with Crippen molar-refractivity contribution in [1.29, 1.82) is 0 Å². The summed E-state index contributed by atoms with van der Waals surface area (Å²) in [6.45, 7) is 5.69. The van der Waals surface area contributed by atoms with Crippen LogP contribution in [0.4, 0.5) is 0 Å². The molecule has 17 heavy (non-hydrogen) atoms. The summed E-state index contributed by atoms with van der Waals surface area (Å²) >= 11 is 0. The van der Waals surface area contributed by atoms with Gasteiger partial charge >= 0.3 is 5.97 Å². The van der Waals surface area contributed by atoms with Crippen LogP contribution in [0.2, 0.25) is 0 Å². The van der Waals surface area contributed by atoms with Gasteiger partial charge in [0.1, 0.15) is 5.54 Å². The fourth-order valence-electron chi connectivity index (χ4n) is 2.43. The molecular weight excluding hydrogens is 218 g/mol. The predicted octanol–water partition coefficient (Wildman–Crippen LogP) is 2.18. The Labute approximate surface area is 103 Å². The number of carbonyl (C=O) groups excluding carboxylic acids is 1. The third kappa shape index (κ3) is 2.79. The Morgan fingerprint density at radius 3 is 2.59 bits per heavy atom. The van der Waals surface area contributed by atoms with Crippen LogP contribution in [0, 0.1) is 11.8 Å². The number of hydrogen-bond acceptors (Lipinski definition) is 2. The van der Waals surface area contributed by atoms with Gasteiger partial charge in [0.2, 0.25) is 5.91 Å². The third-order valence-corrected chi connectivity index (χ3v) is 4.09. The van der Waals surface area contributed by atoms with Crippen LogP contribution in [0.3, 0.4) is 0 Å². The summed E-state index contributed by atoms with van der Waals surface area (Å²) in [5.74, 6) is -1.15. The third-order valence-electron chi connectivity index (χ3n) is 4.09. The van der Waals surface area contributed by atoms with Crippen LogP contribution in [0.25, 0.3) is 0 Å². The smallest absolute Gasteiger partial charge is 0.329 e. The van der Waals surface area contributed by atoms with Gasteiger partial charge in [0.05, 0.1) is 0 Å². The van der Waals surface area contributed by atoms with Crippen LogP contribution < -0.4 is 5.32 Å². The first-order chi connectivity index (χ1) is 7.94. The Kier molecular flexibility index (Phi) is 4.54. The van der Waals surface area contributed by atoms with Crippen molar-refractivity contribution in [3.63, 3.8) is 0 Å². The van der Waals surface area contributed by atoms with Gasteiger partial charge < -0.3 is 10.4 Å². The fourth-order valence-corrected chi connectivity index (χ4v) is 2.43. The molecule has 4 nitrogen and oxygen atoms in total. The molecule has 0 radical (unpaired) electrons. The fraction of sp³-hybridized carbons (Fsp3) is 0.846. The van der Waals surface area contributed by atoms with E-state index < -0.39 is 11.5 Å². The summed E-state index contributed by atoms with van der Waals surface area (Å²) in [5.41, 5.74) is -1.04. The highest BCUT2D eigenvalue weighted by Crippen LogP contribution is 2.34. The minimum Gasteiger partial charge on any atom is -0.479 e. The van der Waals surface area contributed by atoms with Crippen molar-refractivity contribution in [3.8, 4) is 0 Å². The lowest BCUT2D eigenvalue weighted by atomic mass is 9.73. The lowest BCUT2D eigenvalue weighted by molar-refractivity contribution is -0.152. The first-order valence-corrected chi connectivity index (χ1v) is 6.49. The van der Waals surface area contributed by atoms with E-state index in [0.29, 0.717) is 6.42 Å². The molecule has 1 aliphatic rings. The molecule has 1 saturated carbocycles. The average Bonchev–Trinajstić information content (AvgIpc) is 2.30. The van der Waals surface area contributed by atoms with Crippen molar-refractivity contribution in [2.24, 2.45) is 11.8 Å². The Morgan fingerprint density at radius 1 is 1.47 bits per heavy atom. The van der Waals surface area contributed by atoms with Gasteiger partial charge in [-0.1, -0.05) is 33.6 Å². The zero-order valence-corrected chi connectivity index (χ0v) is 11.0. The molecule has 2 N–H and O–H groups in total. The lowest BCUT2D eigenvalue weighted by Gasteiger charge is -2.40. The van der Waals surface area contributed by atoms with Crippen LogP contribution in [-0.4, -0.2) is 22.5 Å². The first kappa shape index (κ1) is 14.0. The maximum Gasteiger partial charge on any atom is 0.329 e. The second-order valence-corrected chi connectivity index (χ2v) is 5.22. The number of carboxylic acid groups (broad SMARTS) is 1. The number of hydrogen-bond donors (Lipinski definition) is 2. The molecule has 0 saturated heterocycles. The Hall–Kier alpha value is -1.06. The van der Waals surface area contributed by atoms with Crippen molar-refractivity contribution >= 4 is 11.9 Å². The van der Waals surface area contributed by atoms with E-state index in [2.05, 4.69) is 5.32 Å². The minimum absolute atomic E-state index is 0.00163. The van der Waals surface area contributed by atoms with E-state index in [1.54, 1.807) is 0 Å².